The Morgan fingerprint density at radius 2 is 1.82 bits per heavy atom. The van der Waals surface area contributed by atoms with E-state index in [1.54, 1.807) is 21.1 Å². The number of methoxy groups -OCH3 is 2. The van der Waals surface area contributed by atoms with Gasteiger partial charge in [0.1, 0.15) is 28.5 Å². The molecule has 2 aliphatic rings. The Bertz CT molecular complexity index is 1790. The van der Waals surface area contributed by atoms with E-state index < -0.39 is 28.9 Å². The molecule has 5 atom stereocenters. The Hall–Kier alpha value is -3.74. The molecule has 1 aromatic carbocycles. The zero-order valence-corrected chi connectivity index (χ0v) is 26.3. The molecule has 0 bridgehead atoms. The van der Waals surface area contributed by atoms with Crippen LogP contribution in [0.4, 0.5) is 0 Å². The zero-order chi connectivity index (χ0) is 31.3. The third-order valence-corrected chi connectivity index (χ3v) is 10.7. The minimum atomic E-state index is -1.82. The van der Waals surface area contributed by atoms with Crippen molar-refractivity contribution in [1.29, 1.82) is 0 Å². The van der Waals surface area contributed by atoms with Crippen molar-refractivity contribution >= 4 is 27.5 Å². The Labute approximate surface area is 258 Å². The first-order valence-electron chi connectivity index (χ1n) is 14.8. The molecule has 2 fully saturated rings. The Kier molecular flexibility index (Phi) is 8.02. The molecule has 234 valence electrons. The highest BCUT2D eigenvalue weighted by molar-refractivity contribution is 7.22. The SMILES string of the molecule is COc1ccccc1C(Cn1c(=O)n(C(C)(C)C(=O)O)c(=O)c2c(C)c(-c3ncco3)sc21)O[C@H]1C[C@H]2C[C@@H](OC)C[C@H]2C1. The van der Waals surface area contributed by atoms with Crippen molar-refractivity contribution in [2.45, 2.75) is 76.9 Å². The largest absolute Gasteiger partial charge is 0.496 e. The molecule has 12 heteroatoms. The molecule has 3 heterocycles. The molecule has 0 spiro atoms. The first-order chi connectivity index (χ1) is 21.0. The summed E-state index contributed by atoms with van der Waals surface area (Å²) in [4.78, 5) is 45.8. The number of carbonyl (C=O) groups is 1. The van der Waals surface area contributed by atoms with Crippen molar-refractivity contribution in [2.75, 3.05) is 14.2 Å². The maximum atomic E-state index is 14.3. The molecule has 4 aromatic rings. The van der Waals surface area contributed by atoms with Gasteiger partial charge in [-0.2, -0.15) is 0 Å². The number of benzene rings is 1. The number of para-hydroxylation sites is 1. The molecule has 3 aromatic heterocycles. The van der Waals surface area contributed by atoms with Crippen molar-refractivity contribution in [3.8, 4) is 16.5 Å². The van der Waals surface area contributed by atoms with E-state index in [1.807, 2.05) is 24.3 Å². The lowest BCUT2D eigenvalue weighted by molar-refractivity contribution is -0.146. The van der Waals surface area contributed by atoms with Gasteiger partial charge in [0.2, 0.25) is 5.89 Å². The summed E-state index contributed by atoms with van der Waals surface area (Å²) >= 11 is 1.22. The molecule has 0 radical (unpaired) electrons. The normalized spacial score (nSPS) is 22.4. The van der Waals surface area contributed by atoms with E-state index >= 15 is 0 Å². The van der Waals surface area contributed by atoms with E-state index in [4.69, 9.17) is 18.6 Å². The number of ether oxygens (including phenoxy) is 3. The highest BCUT2D eigenvalue weighted by Crippen LogP contribution is 2.47. The number of oxazole rings is 1. The first-order valence-corrected chi connectivity index (χ1v) is 15.6. The van der Waals surface area contributed by atoms with E-state index in [-0.39, 0.29) is 24.1 Å². The van der Waals surface area contributed by atoms with E-state index in [2.05, 4.69) is 4.98 Å². The van der Waals surface area contributed by atoms with Crippen molar-refractivity contribution in [3.63, 3.8) is 0 Å². The molecule has 0 amide bonds. The molecule has 11 nitrogen and oxygen atoms in total. The van der Waals surface area contributed by atoms with Gasteiger partial charge in [-0.25, -0.2) is 19.1 Å². The molecule has 2 saturated carbocycles. The van der Waals surface area contributed by atoms with Gasteiger partial charge in [-0.05, 0) is 69.9 Å². The van der Waals surface area contributed by atoms with Gasteiger partial charge < -0.3 is 23.7 Å². The lowest BCUT2D eigenvalue weighted by Gasteiger charge is -2.27. The van der Waals surface area contributed by atoms with Gasteiger partial charge >= 0.3 is 11.7 Å². The van der Waals surface area contributed by atoms with Crippen molar-refractivity contribution in [2.24, 2.45) is 11.8 Å². The number of hydrogen-bond donors (Lipinski definition) is 1. The zero-order valence-electron chi connectivity index (χ0n) is 25.4. The van der Waals surface area contributed by atoms with E-state index in [0.717, 1.165) is 35.8 Å². The summed E-state index contributed by atoms with van der Waals surface area (Å²) in [7, 11) is 3.35. The summed E-state index contributed by atoms with van der Waals surface area (Å²) in [6.07, 6.45) is 6.35. The van der Waals surface area contributed by atoms with E-state index in [1.165, 1.54) is 42.2 Å². The van der Waals surface area contributed by atoms with Crippen molar-refractivity contribution in [3.05, 3.63) is 68.7 Å². The number of aliphatic carboxylic acids is 1. The van der Waals surface area contributed by atoms with E-state index in [9.17, 15) is 19.5 Å². The fourth-order valence-electron chi connectivity index (χ4n) is 6.99. The predicted octanol–water partition coefficient (Wildman–Crippen LogP) is 4.98. The average Bonchev–Trinajstić information content (AvgIpc) is 3.78. The average molecular weight is 624 g/mol. The number of rotatable bonds is 10. The molecule has 6 rings (SSSR count). The van der Waals surface area contributed by atoms with Crippen LogP contribution in [0.1, 0.15) is 56.8 Å². The molecule has 1 N–H and O–H groups in total. The van der Waals surface area contributed by atoms with Crippen LogP contribution in [0.2, 0.25) is 0 Å². The van der Waals surface area contributed by atoms with Crippen molar-refractivity contribution < 1.29 is 28.5 Å². The number of thiophene rings is 1. The van der Waals surface area contributed by atoms with E-state index in [0.29, 0.717) is 38.7 Å². The summed E-state index contributed by atoms with van der Waals surface area (Å²) in [5.41, 5.74) is -1.90. The second kappa shape index (κ2) is 11.6. The number of aromatic nitrogens is 3. The molecule has 1 unspecified atom stereocenters. The molecule has 0 saturated heterocycles. The molecule has 44 heavy (non-hydrogen) atoms. The van der Waals surface area contributed by atoms with Gasteiger partial charge in [-0.3, -0.25) is 9.36 Å². The Morgan fingerprint density at radius 1 is 1.14 bits per heavy atom. The van der Waals surface area contributed by atoms with Gasteiger partial charge in [0.25, 0.3) is 5.56 Å². The van der Waals surface area contributed by atoms with Crippen LogP contribution in [0.15, 0.2) is 50.7 Å². The Morgan fingerprint density at radius 3 is 2.43 bits per heavy atom. The minimum absolute atomic E-state index is 0.0309. The summed E-state index contributed by atoms with van der Waals surface area (Å²) in [6.45, 7) is 4.49. The highest BCUT2D eigenvalue weighted by Gasteiger charge is 2.43. The summed E-state index contributed by atoms with van der Waals surface area (Å²) in [6, 6.07) is 7.53. The third kappa shape index (κ3) is 5.08. The number of nitrogens with zero attached hydrogens (tertiary/aromatic N) is 3. The topological polar surface area (TPSA) is 135 Å². The molecule has 0 aliphatic heterocycles. The van der Waals surface area contributed by atoms with Crippen molar-refractivity contribution in [1.82, 2.24) is 14.1 Å². The first kappa shape index (κ1) is 30.3. The number of fused-ring (bicyclic) bond motifs is 2. The standard InChI is InChI=1S/C32H37N3O8S/c1-17-25-28(36)35(32(2,3)30(37)38)31(39)34(29(25)44-26(17)27-33-10-11-42-27)16-24(22-8-6-7-9-23(22)41-5)43-21-14-18-12-20(40-4)13-19(18)15-21/h6-11,18-21,24H,12-16H2,1-5H3,(H,37,38)/t18-,19+,20-,21+,24?. The smallest absolute Gasteiger partial charge is 0.333 e. The van der Waals surface area contributed by atoms with Gasteiger partial charge in [0.05, 0.1) is 42.3 Å². The second-order valence-corrected chi connectivity index (χ2v) is 13.3. The fourth-order valence-corrected chi connectivity index (χ4v) is 8.23. The maximum absolute atomic E-state index is 14.3. The lowest BCUT2D eigenvalue weighted by atomic mass is 10.0. The monoisotopic (exact) mass is 623 g/mol. The second-order valence-electron chi connectivity index (χ2n) is 12.3. The van der Waals surface area contributed by atoms with Crippen LogP contribution in [0.3, 0.4) is 0 Å². The van der Waals surface area contributed by atoms with Gasteiger partial charge in [-0.15, -0.1) is 11.3 Å². The van der Waals surface area contributed by atoms with Crippen LogP contribution in [0.25, 0.3) is 21.0 Å². The van der Waals surface area contributed by atoms with Crippen LogP contribution in [-0.2, 0) is 26.4 Å². The van der Waals surface area contributed by atoms with Gasteiger partial charge in [0.15, 0.2) is 0 Å². The predicted molar refractivity (Wildman–Crippen MR) is 164 cm³/mol. The van der Waals surface area contributed by atoms with Crippen LogP contribution < -0.4 is 16.0 Å². The number of carboxylic acids is 1. The van der Waals surface area contributed by atoms with Crippen LogP contribution in [0.5, 0.6) is 5.75 Å². The molecular weight excluding hydrogens is 586 g/mol. The number of carboxylic acid groups (broad SMARTS) is 1. The number of hydrogen-bond acceptors (Lipinski definition) is 9. The molecular formula is C32H37N3O8S. The van der Waals surface area contributed by atoms with Gasteiger partial charge in [-0.1, -0.05) is 18.2 Å². The van der Waals surface area contributed by atoms with Crippen LogP contribution >= 0.6 is 11.3 Å². The molecule has 2 aliphatic carbocycles. The lowest BCUT2D eigenvalue weighted by Crippen LogP contribution is -2.52. The number of aryl methyl sites for hydroxylation is 1. The third-order valence-electron chi connectivity index (χ3n) is 9.37. The minimum Gasteiger partial charge on any atom is -0.496 e. The Balaban J connectivity index is 1.50. The van der Waals surface area contributed by atoms with Crippen LogP contribution in [0, 0.1) is 18.8 Å². The summed E-state index contributed by atoms with van der Waals surface area (Å²) in [5.74, 6) is 0.656. The summed E-state index contributed by atoms with van der Waals surface area (Å²) in [5, 5.41) is 10.3. The highest BCUT2D eigenvalue weighted by atomic mass is 32.1. The fraction of sp³-hybridized carbons (Fsp3) is 0.500. The summed E-state index contributed by atoms with van der Waals surface area (Å²) < 4.78 is 26.1. The van der Waals surface area contributed by atoms with Crippen LogP contribution in [-0.4, -0.2) is 51.6 Å². The maximum Gasteiger partial charge on any atom is 0.333 e. The van der Waals surface area contributed by atoms with Gasteiger partial charge in [0, 0.05) is 12.7 Å². The quantitative estimate of drug-likeness (QED) is 0.260.